The van der Waals surface area contributed by atoms with Gasteiger partial charge in [-0.3, -0.25) is 0 Å². The highest BCUT2D eigenvalue weighted by Crippen LogP contribution is 2.63. The zero-order chi connectivity index (χ0) is 8.34. The van der Waals surface area contributed by atoms with E-state index in [1.807, 2.05) is 0 Å². The summed E-state index contributed by atoms with van der Waals surface area (Å²) in [7, 11) is 0. The van der Waals surface area contributed by atoms with Gasteiger partial charge in [0.25, 0.3) is 0 Å². The third-order valence-corrected chi connectivity index (χ3v) is 4.75. The van der Waals surface area contributed by atoms with Gasteiger partial charge in [-0.15, -0.1) is 0 Å². The third kappa shape index (κ3) is 0.783. The molecular weight excluding hydrogens is 148 g/mol. The van der Waals surface area contributed by atoms with Crippen LogP contribution in [0, 0.1) is 23.2 Å². The molecular formula is C11H18O. The van der Waals surface area contributed by atoms with Gasteiger partial charge in [0.1, 0.15) is 0 Å². The van der Waals surface area contributed by atoms with Crippen molar-refractivity contribution >= 4 is 0 Å². The highest BCUT2D eigenvalue weighted by atomic mass is 16.6. The third-order valence-electron chi connectivity index (χ3n) is 4.75. The number of ether oxygens (including phenoxy) is 1. The maximum atomic E-state index is 5.44. The first-order chi connectivity index (χ1) is 5.69. The lowest BCUT2D eigenvalue weighted by molar-refractivity contribution is -0.111. The fraction of sp³-hybridized carbons (Fsp3) is 1.00. The zero-order valence-corrected chi connectivity index (χ0v) is 8.05. The van der Waals surface area contributed by atoms with Gasteiger partial charge in [-0.05, 0) is 42.4 Å². The van der Waals surface area contributed by atoms with Gasteiger partial charge in [0, 0.05) is 0 Å². The van der Waals surface area contributed by atoms with Crippen molar-refractivity contribution in [3.8, 4) is 0 Å². The van der Waals surface area contributed by atoms with Crippen LogP contribution >= 0.6 is 0 Å². The molecule has 1 saturated heterocycles. The van der Waals surface area contributed by atoms with Crippen LogP contribution in [0.2, 0.25) is 0 Å². The summed E-state index contributed by atoms with van der Waals surface area (Å²) in [5.41, 5.74) is 0.648. The van der Waals surface area contributed by atoms with Gasteiger partial charge in [0.05, 0.1) is 12.7 Å². The van der Waals surface area contributed by atoms with Crippen LogP contribution in [0.3, 0.4) is 0 Å². The Hall–Kier alpha value is -0.0400. The van der Waals surface area contributed by atoms with Gasteiger partial charge in [-0.1, -0.05) is 13.8 Å². The molecule has 0 aromatic rings. The van der Waals surface area contributed by atoms with Crippen LogP contribution in [-0.4, -0.2) is 12.7 Å². The summed E-state index contributed by atoms with van der Waals surface area (Å²) >= 11 is 0. The first kappa shape index (κ1) is 7.37. The smallest absolute Gasteiger partial charge is 0.0840 e. The number of rotatable bonds is 1. The van der Waals surface area contributed by atoms with Crippen LogP contribution in [0.25, 0.3) is 0 Å². The average Bonchev–Trinajstić information content (AvgIpc) is 2.86. The maximum absolute atomic E-state index is 5.44. The zero-order valence-electron chi connectivity index (χ0n) is 8.05. The molecule has 1 heterocycles. The Morgan fingerprint density at radius 3 is 2.50 bits per heavy atom. The van der Waals surface area contributed by atoms with E-state index in [4.69, 9.17) is 4.74 Å². The van der Waals surface area contributed by atoms with E-state index in [1.54, 1.807) is 0 Å². The molecule has 2 bridgehead atoms. The van der Waals surface area contributed by atoms with Crippen molar-refractivity contribution < 1.29 is 4.74 Å². The minimum atomic E-state index is 0.648. The molecule has 0 spiro atoms. The molecule has 68 valence electrons. The minimum absolute atomic E-state index is 0.648. The molecule has 3 aliphatic carbocycles. The molecule has 1 nitrogen and oxygen atoms in total. The van der Waals surface area contributed by atoms with Gasteiger partial charge in [0.15, 0.2) is 0 Å². The van der Waals surface area contributed by atoms with Gasteiger partial charge in [-0.25, -0.2) is 0 Å². The van der Waals surface area contributed by atoms with Crippen molar-refractivity contribution in [2.45, 2.75) is 39.2 Å². The molecule has 12 heavy (non-hydrogen) atoms. The Morgan fingerprint density at radius 2 is 2.00 bits per heavy atom. The standard InChI is InChI=1S/C11H18O/c1-11(2)7-3-4-8(9(11)5-7)10-6-12-10/h7-10H,3-6H2,1-2H3/t7-,8?,9-,10+/m0/s1. The van der Waals surface area contributed by atoms with Gasteiger partial charge < -0.3 is 4.74 Å². The second kappa shape index (κ2) is 2.06. The molecule has 4 rings (SSSR count). The van der Waals surface area contributed by atoms with Crippen molar-refractivity contribution in [1.82, 2.24) is 0 Å². The predicted octanol–water partition coefficient (Wildman–Crippen LogP) is 2.46. The Kier molecular flexibility index (Phi) is 1.27. The van der Waals surface area contributed by atoms with E-state index in [-0.39, 0.29) is 0 Å². The van der Waals surface area contributed by atoms with Crippen molar-refractivity contribution in [3.63, 3.8) is 0 Å². The second-order valence-corrected chi connectivity index (χ2v) is 5.47. The Morgan fingerprint density at radius 1 is 1.25 bits per heavy atom. The molecule has 1 heteroatoms. The summed E-state index contributed by atoms with van der Waals surface area (Å²) in [6.45, 7) is 5.97. The second-order valence-electron chi connectivity index (χ2n) is 5.47. The highest BCUT2D eigenvalue weighted by molar-refractivity contribution is 5.06. The molecule has 0 aromatic heterocycles. The summed E-state index contributed by atoms with van der Waals surface area (Å²) in [6, 6.07) is 0. The number of epoxide rings is 1. The van der Waals surface area contributed by atoms with Crippen molar-refractivity contribution in [1.29, 1.82) is 0 Å². The Balaban J connectivity index is 1.80. The van der Waals surface area contributed by atoms with E-state index < -0.39 is 0 Å². The lowest BCUT2D eigenvalue weighted by Gasteiger charge is -2.60. The van der Waals surface area contributed by atoms with E-state index in [0.29, 0.717) is 11.5 Å². The topological polar surface area (TPSA) is 12.5 Å². The molecule has 1 unspecified atom stereocenters. The highest BCUT2D eigenvalue weighted by Gasteiger charge is 2.57. The summed E-state index contributed by atoms with van der Waals surface area (Å²) < 4.78 is 5.44. The number of hydrogen-bond donors (Lipinski definition) is 0. The van der Waals surface area contributed by atoms with Crippen LogP contribution in [0.1, 0.15) is 33.1 Å². The molecule has 0 amide bonds. The molecule has 4 atom stereocenters. The molecule has 1 aliphatic heterocycles. The maximum Gasteiger partial charge on any atom is 0.0840 e. The Labute approximate surface area is 74.5 Å². The summed E-state index contributed by atoms with van der Waals surface area (Å²) in [4.78, 5) is 0. The summed E-state index contributed by atoms with van der Waals surface area (Å²) in [5.74, 6) is 2.95. The van der Waals surface area contributed by atoms with Crippen LogP contribution in [0.5, 0.6) is 0 Å². The average molecular weight is 166 g/mol. The molecule has 0 radical (unpaired) electrons. The van der Waals surface area contributed by atoms with E-state index in [2.05, 4.69) is 13.8 Å². The van der Waals surface area contributed by atoms with Crippen molar-refractivity contribution in [2.75, 3.05) is 6.61 Å². The fourth-order valence-electron chi connectivity index (χ4n) is 3.62. The molecule has 4 aliphatic rings. The predicted molar refractivity (Wildman–Crippen MR) is 47.8 cm³/mol. The molecule has 4 fully saturated rings. The number of fused-ring (bicyclic) bond motifs is 2. The monoisotopic (exact) mass is 166 g/mol. The number of hydrogen-bond acceptors (Lipinski definition) is 1. The van der Waals surface area contributed by atoms with Crippen LogP contribution in [-0.2, 0) is 4.74 Å². The quantitative estimate of drug-likeness (QED) is 0.545. The largest absolute Gasteiger partial charge is 0.373 e. The van der Waals surface area contributed by atoms with Gasteiger partial charge in [-0.2, -0.15) is 0 Å². The fourth-order valence-corrected chi connectivity index (χ4v) is 3.62. The van der Waals surface area contributed by atoms with E-state index in [9.17, 15) is 0 Å². The summed E-state index contributed by atoms with van der Waals surface area (Å²) in [5, 5.41) is 0. The first-order valence-corrected chi connectivity index (χ1v) is 5.31. The van der Waals surface area contributed by atoms with Crippen molar-refractivity contribution in [3.05, 3.63) is 0 Å². The van der Waals surface area contributed by atoms with Gasteiger partial charge in [0.2, 0.25) is 0 Å². The minimum Gasteiger partial charge on any atom is -0.373 e. The molecule has 0 aromatic carbocycles. The van der Waals surface area contributed by atoms with Crippen LogP contribution in [0.4, 0.5) is 0 Å². The summed E-state index contributed by atoms with van der Waals surface area (Å²) in [6.07, 6.45) is 5.07. The molecule has 0 N–H and O–H groups in total. The van der Waals surface area contributed by atoms with Crippen LogP contribution in [0.15, 0.2) is 0 Å². The first-order valence-electron chi connectivity index (χ1n) is 5.31. The Bertz CT molecular complexity index is 201. The van der Waals surface area contributed by atoms with E-state index in [0.717, 1.165) is 24.4 Å². The SMILES string of the molecule is CC1(C)[C@H]2CCC([C@H]3CO3)[C@@H]1C2. The lowest BCUT2D eigenvalue weighted by Crippen LogP contribution is -2.53. The lowest BCUT2D eigenvalue weighted by atomic mass is 9.45. The van der Waals surface area contributed by atoms with Crippen LogP contribution < -0.4 is 0 Å². The van der Waals surface area contributed by atoms with E-state index >= 15 is 0 Å². The van der Waals surface area contributed by atoms with E-state index in [1.165, 1.54) is 19.3 Å². The normalized spacial score (nSPS) is 54.5. The molecule has 3 saturated carbocycles. The van der Waals surface area contributed by atoms with Crippen molar-refractivity contribution in [2.24, 2.45) is 23.2 Å². The van der Waals surface area contributed by atoms with Gasteiger partial charge >= 0.3 is 0 Å².